The molecule has 10 nitrogen and oxygen atoms in total. The zero-order chi connectivity index (χ0) is 23.0. The maximum Gasteiger partial charge on any atom is 0.261 e. The highest BCUT2D eigenvalue weighted by atomic mass is 32.2. The molecule has 3 rings (SSSR count). The van der Waals surface area contributed by atoms with Crippen LogP contribution in [0.15, 0.2) is 53.6 Å². The number of hydrogen-bond donors (Lipinski definition) is 2. The van der Waals surface area contributed by atoms with Crippen LogP contribution in [0.4, 0.5) is 0 Å². The van der Waals surface area contributed by atoms with E-state index in [9.17, 15) is 18.4 Å². The van der Waals surface area contributed by atoms with E-state index in [1.807, 2.05) is 0 Å². The molecule has 1 atom stereocenters. The zero-order valence-electron chi connectivity index (χ0n) is 17.9. The molecule has 1 aliphatic rings. The Morgan fingerprint density at radius 3 is 2.56 bits per heavy atom. The van der Waals surface area contributed by atoms with Gasteiger partial charge < -0.3 is 9.47 Å². The van der Waals surface area contributed by atoms with Gasteiger partial charge in [-0.1, -0.05) is 6.07 Å². The molecule has 1 saturated heterocycles. The van der Waals surface area contributed by atoms with Gasteiger partial charge >= 0.3 is 0 Å². The first-order valence-electron chi connectivity index (χ1n) is 10.3. The molecule has 1 aromatic carbocycles. The molecular formula is C21H28N4O6S. The van der Waals surface area contributed by atoms with E-state index in [1.54, 1.807) is 42.0 Å². The molecule has 2 aromatic rings. The first-order valence-corrected chi connectivity index (χ1v) is 11.7. The van der Waals surface area contributed by atoms with E-state index < -0.39 is 22.0 Å². The van der Waals surface area contributed by atoms with Crippen LogP contribution in [0.2, 0.25) is 0 Å². The van der Waals surface area contributed by atoms with Crippen molar-refractivity contribution in [3.63, 3.8) is 0 Å². The smallest absolute Gasteiger partial charge is 0.261 e. The molecule has 2 heterocycles. The number of aromatic nitrogens is 1. The fourth-order valence-electron chi connectivity index (χ4n) is 3.51. The van der Waals surface area contributed by atoms with Crippen LogP contribution >= 0.6 is 0 Å². The van der Waals surface area contributed by atoms with Gasteiger partial charge in [0.1, 0.15) is 11.8 Å². The van der Waals surface area contributed by atoms with E-state index in [4.69, 9.17) is 9.47 Å². The number of rotatable bonds is 10. The number of morpholine rings is 1. The normalized spacial score (nSPS) is 16.0. The summed E-state index contributed by atoms with van der Waals surface area (Å²) in [6, 6.07) is 9.95. The lowest BCUT2D eigenvalue weighted by Crippen LogP contribution is -2.50. The van der Waals surface area contributed by atoms with Gasteiger partial charge in [-0.25, -0.2) is 13.9 Å². The minimum absolute atomic E-state index is 0.0105. The van der Waals surface area contributed by atoms with Crippen molar-refractivity contribution in [1.29, 1.82) is 0 Å². The van der Waals surface area contributed by atoms with Gasteiger partial charge in [0.25, 0.3) is 5.91 Å². The highest BCUT2D eigenvalue weighted by Crippen LogP contribution is 2.24. The monoisotopic (exact) mass is 464 g/mol. The van der Waals surface area contributed by atoms with Crippen molar-refractivity contribution in [3.05, 3.63) is 54.4 Å². The molecule has 32 heavy (non-hydrogen) atoms. The van der Waals surface area contributed by atoms with Crippen molar-refractivity contribution in [2.45, 2.75) is 23.9 Å². The summed E-state index contributed by atoms with van der Waals surface area (Å²) >= 11 is 0. The molecule has 1 aliphatic heterocycles. The number of ether oxygens (including phenoxy) is 2. The molecule has 0 radical (unpaired) electrons. The van der Waals surface area contributed by atoms with Crippen LogP contribution in [0, 0.1) is 0 Å². The van der Waals surface area contributed by atoms with Gasteiger partial charge in [0.05, 0.1) is 37.5 Å². The Labute approximate surface area is 187 Å². The maximum absolute atomic E-state index is 13.6. The highest BCUT2D eigenvalue weighted by molar-refractivity contribution is 7.89. The largest absolute Gasteiger partial charge is 0.497 e. The second-order valence-corrected chi connectivity index (χ2v) is 9.17. The molecule has 1 amide bonds. The molecule has 1 unspecified atom stereocenters. The topological polar surface area (TPSA) is 121 Å². The minimum atomic E-state index is -4.11. The van der Waals surface area contributed by atoms with Gasteiger partial charge in [-0.3, -0.25) is 19.9 Å². The van der Waals surface area contributed by atoms with E-state index in [0.29, 0.717) is 44.3 Å². The molecule has 1 aromatic heterocycles. The summed E-state index contributed by atoms with van der Waals surface area (Å²) in [5.41, 5.74) is 2.11. The number of hydrogen-bond acceptors (Lipinski definition) is 8. The van der Waals surface area contributed by atoms with Crippen LogP contribution < -0.4 is 10.2 Å². The van der Waals surface area contributed by atoms with Crippen LogP contribution in [-0.2, 0) is 26.1 Å². The first-order chi connectivity index (χ1) is 15.5. The Kier molecular flexibility index (Phi) is 8.53. The number of carbonyl (C=O) groups excluding carboxylic acids is 1. The Hall–Kier alpha value is -2.57. The lowest BCUT2D eigenvalue weighted by molar-refractivity contribution is -0.133. The number of nitrogens with one attached hydrogen (secondary N) is 1. The van der Waals surface area contributed by atoms with Crippen LogP contribution in [0.5, 0.6) is 5.75 Å². The third-order valence-electron chi connectivity index (χ3n) is 5.29. The molecule has 0 spiro atoms. The standard InChI is InChI=1S/C21H28N4O6S/c1-30-18-5-7-19(8-6-18)32(28,29)25(16-17-4-2-3-10-22-17)20(21(26)23-27)9-11-24-12-14-31-15-13-24/h2-8,10,20,27H,9,11-16H2,1H3,(H,23,26). The SMILES string of the molecule is COc1ccc(S(=O)(=O)N(Cc2ccccn2)C(CCN2CCOCC2)C(=O)NO)cc1. The van der Waals surface area contributed by atoms with Crippen LogP contribution in [-0.4, -0.2) is 79.7 Å². The van der Waals surface area contributed by atoms with Gasteiger partial charge in [0.2, 0.25) is 10.0 Å². The summed E-state index contributed by atoms with van der Waals surface area (Å²) in [6.07, 6.45) is 1.75. The van der Waals surface area contributed by atoms with Crippen LogP contribution in [0.25, 0.3) is 0 Å². The van der Waals surface area contributed by atoms with Gasteiger partial charge in [0, 0.05) is 25.8 Å². The van der Waals surface area contributed by atoms with Crippen molar-refractivity contribution >= 4 is 15.9 Å². The summed E-state index contributed by atoms with van der Waals surface area (Å²) < 4.78 is 38.8. The van der Waals surface area contributed by atoms with Crippen molar-refractivity contribution in [3.8, 4) is 5.75 Å². The fraction of sp³-hybridized carbons (Fsp3) is 0.429. The molecule has 1 fully saturated rings. The van der Waals surface area contributed by atoms with Gasteiger partial charge in [0.15, 0.2) is 0 Å². The predicted octanol–water partition coefficient (Wildman–Crippen LogP) is 0.877. The highest BCUT2D eigenvalue weighted by Gasteiger charge is 2.36. The Balaban J connectivity index is 1.94. The number of nitrogens with zero attached hydrogens (tertiary/aromatic N) is 3. The second kappa shape index (κ2) is 11.3. The number of amides is 1. The van der Waals surface area contributed by atoms with E-state index in [2.05, 4.69) is 9.88 Å². The second-order valence-electron chi connectivity index (χ2n) is 7.28. The third-order valence-corrected chi connectivity index (χ3v) is 7.16. The Morgan fingerprint density at radius 2 is 1.97 bits per heavy atom. The number of hydroxylamine groups is 1. The number of methoxy groups -OCH3 is 1. The zero-order valence-corrected chi connectivity index (χ0v) is 18.7. The average molecular weight is 465 g/mol. The van der Waals surface area contributed by atoms with Gasteiger partial charge in [-0.05, 0) is 42.8 Å². The van der Waals surface area contributed by atoms with Crippen molar-refractivity contribution < 1.29 is 27.9 Å². The summed E-state index contributed by atoms with van der Waals surface area (Å²) in [7, 11) is -2.62. The van der Waals surface area contributed by atoms with Gasteiger partial charge in [-0.15, -0.1) is 0 Å². The third kappa shape index (κ3) is 6.02. The number of carbonyl (C=O) groups is 1. The van der Waals surface area contributed by atoms with Gasteiger partial charge in [-0.2, -0.15) is 4.31 Å². The van der Waals surface area contributed by atoms with Crippen molar-refractivity contribution in [2.24, 2.45) is 0 Å². The molecule has 0 bridgehead atoms. The van der Waals surface area contributed by atoms with Crippen molar-refractivity contribution in [1.82, 2.24) is 19.7 Å². The molecule has 174 valence electrons. The Bertz CT molecular complexity index is 966. The van der Waals surface area contributed by atoms with Crippen molar-refractivity contribution in [2.75, 3.05) is 40.0 Å². The molecule has 11 heteroatoms. The molecule has 0 aliphatic carbocycles. The van der Waals surface area contributed by atoms with Crippen LogP contribution in [0.1, 0.15) is 12.1 Å². The summed E-state index contributed by atoms with van der Waals surface area (Å²) in [6.45, 7) is 2.89. The average Bonchev–Trinajstić information content (AvgIpc) is 2.84. The predicted molar refractivity (Wildman–Crippen MR) is 116 cm³/mol. The Morgan fingerprint density at radius 1 is 1.25 bits per heavy atom. The minimum Gasteiger partial charge on any atom is -0.497 e. The molecule has 2 N–H and O–H groups in total. The van der Waals surface area contributed by atoms with E-state index in [0.717, 1.165) is 4.31 Å². The summed E-state index contributed by atoms with van der Waals surface area (Å²) in [5, 5.41) is 9.37. The summed E-state index contributed by atoms with van der Waals surface area (Å²) in [4.78, 5) is 19.0. The maximum atomic E-state index is 13.6. The number of sulfonamides is 1. The first kappa shape index (κ1) is 24.1. The lowest BCUT2D eigenvalue weighted by Gasteiger charge is -2.32. The fourth-order valence-corrected chi connectivity index (χ4v) is 5.10. The number of benzene rings is 1. The van der Waals surface area contributed by atoms with E-state index >= 15 is 0 Å². The lowest BCUT2D eigenvalue weighted by atomic mass is 10.1. The summed E-state index contributed by atoms with van der Waals surface area (Å²) in [5.74, 6) is -0.288. The molecular weight excluding hydrogens is 436 g/mol. The molecule has 0 saturated carbocycles. The van der Waals surface area contributed by atoms with E-state index in [1.165, 1.54) is 19.2 Å². The van der Waals surface area contributed by atoms with E-state index in [-0.39, 0.29) is 17.9 Å². The quantitative estimate of drug-likeness (QED) is 0.393. The van der Waals surface area contributed by atoms with Crippen LogP contribution in [0.3, 0.4) is 0 Å². The number of pyridine rings is 1.